The molecule has 0 aromatic carbocycles. The quantitative estimate of drug-likeness (QED) is 0.819. The Bertz CT molecular complexity index is 426. The summed E-state index contributed by atoms with van der Waals surface area (Å²) in [6, 6.07) is 0. The minimum Gasteiger partial charge on any atom is -0.369 e. The van der Waals surface area contributed by atoms with E-state index in [0.717, 1.165) is 34.8 Å². The fourth-order valence-corrected chi connectivity index (χ4v) is 3.16. The van der Waals surface area contributed by atoms with Crippen molar-refractivity contribution in [1.29, 1.82) is 0 Å². The molecule has 0 bridgehead atoms. The van der Waals surface area contributed by atoms with Crippen LogP contribution in [0.4, 0.5) is 5.82 Å². The van der Waals surface area contributed by atoms with Crippen LogP contribution in [-0.2, 0) is 0 Å². The second-order valence-corrected chi connectivity index (χ2v) is 6.59. The van der Waals surface area contributed by atoms with Crippen LogP contribution >= 0.6 is 15.9 Å². The highest BCUT2D eigenvalue weighted by Crippen LogP contribution is 2.32. The zero-order chi connectivity index (χ0) is 14.4. The molecule has 1 aromatic heterocycles. The maximum atomic E-state index is 4.80. The van der Waals surface area contributed by atoms with Crippen molar-refractivity contribution in [3.8, 4) is 0 Å². The third-order valence-corrected chi connectivity index (χ3v) is 5.00. The van der Waals surface area contributed by atoms with Crippen LogP contribution in [-0.4, -0.2) is 16.5 Å². The van der Waals surface area contributed by atoms with E-state index in [9.17, 15) is 0 Å². The van der Waals surface area contributed by atoms with E-state index in [1.807, 2.05) is 0 Å². The normalized spacial score (nSPS) is 17.6. The van der Waals surface area contributed by atoms with Crippen molar-refractivity contribution >= 4 is 21.7 Å². The summed E-state index contributed by atoms with van der Waals surface area (Å²) < 4.78 is 1.01. The van der Waals surface area contributed by atoms with Crippen molar-refractivity contribution in [2.75, 3.05) is 11.9 Å². The summed E-state index contributed by atoms with van der Waals surface area (Å²) in [5.74, 6) is 2.56. The van der Waals surface area contributed by atoms with Crippen LogP contribution < -0.4 is 5.32 Å². The zero-order valence-electron chi connectivity index (χ0n) is 12.7. The molecule has 1 N–H and O–H groups in total. The fourth-order valence-electron chi connectivity index (χ4n) is 2.84. The molecule has 0 unspecified atom stereocenters. The molecule has 0 aliphatic heterocycles. The van der Waals surface area contributed by atoms with Gasteiger partial charge in [-0.1, -0.05) is 39.0 Å². The van der Waals surface area contributed by atoms with E-state index in [2.05, 4.69) is 35.1 Å². The van der Waals surface area contributed by atoms with Gasteiger partial charge in [0.15, 0.2) is 0 Å². The van der Waals surface area contributed by atoms with E-state index in [1.54, 1.807) is 0 Å². The van der Waals surface area contributed by atoms with Crippen molar-refractivity contribution in [2.45, 2.75) is 71.1 Å². The van der Waals surface area contributed by atoms with Crippen LogP contribution in [0.25, 0.3) is 0 Å². The molecule has 1 aliphatic carbocycles. The summed E-state index contributed by atoms with van der Waals surface area (Å²) in [6.07, 6.45) is 10.4. The average molecular weight is 340 g/mol. The Morgan fingerprint density at radius 2 is 1.75 bits per heavy atom. The summed E-state index contributed by atoms with van der Waals surface area (Å²) in [6.45, 7) is 5.19. The van der Waals surface area contributed by atoms with Gasteiger partial charge in [0.1, 0.15) is 11.6 Å². The van der Waals surface area contributed by atoms with Gasteiger partial charge in [0.05, 0.1) is 10.2 Å². The van der Waals surface area contributed by atoms with Crippen LogP contribution in [0.3, 0.4) is 0 Å². The Kier molecular flexibility index (Phi) is 6.27. The number of hydrogen-bond donors (Lipinski definition) is 1. The van der Waals surface area contributed by atoms with E-state index in [1.165, 1.54) is 44.9 Å². The first-order chi connectivity index (χ1) is 9.72. The van der Waals surface area contributed by atoms with Gasteiger partial charge in [0, 0.05) is 12.5 Å². The number of anilines is 1. The molecule has 0 spiro atoms. The zero-order valence-corrected chi connectivity index (χ0v) is 14.3. The number of aryl methyl sites for hydroxylation is 1. The molecule has 1 saturated carbocycles. The van der Waals surface area contributed by atoms with Gasteiger partial charge in [-0.25, -0.2) is 9.97 Å². The third kappa shape index (κ3) is 4.18. The molecule has 2 rings (SSSR count). The molecule has 20 heavy (non-hydrogen) atoms. The van der Waals surface area contributed by atoms with Gasteiger partial charge in [0.25, 0.3) is 0 Å². The first kappa shape index (κ1) is 15.7. The second-order valence-electron chi connectivity index (χ2n) is 5.80. The summed E-state index contributed by atoms with van der Waals surface area (Å²) in [5, 5.41) is 3.41. The third-order valence-electron chi connectivity index (χ3n) is 4.05. The van der Waals surface area contributed by atoms with Gasteiger partial charge in [0.2, 0.25) is 0 Å². The predicted molar refractivity (Wildman–Crippen MR) is 88.3 cm³/mol. The molecule has 0 radical (unpaired) electrons. The molecule has 4 heteroatoms. The molecule has 3 nitrogen and oxygen atoms in total. The number of aromatic nitrogens is 2. The van der Waals surface area contributed by atoms with E-state index < -0.39 is 0 Å². The molecular weight excluding hydrogens is 314 g/mol. The van der Waals surface area contributed by atoms with Gasteiger partial charge >= 0.3 is 0 Å². The summed E-state index contributed by atoms with van der Waals surface area (Å²) in [4.78, 5) is 9.54. The van der Waals surface area contributed by atoms with Crippen LogP contribution in [0, 0.1) is 6.92 Å². The second kappa shape index (κ2) is 7.96. The van der Waals surface area contributed by atoms with E-state index in [0.29, 0.717) is 5.92 Å². The predicted octanol–water partition coefficient (Wildman–Crippen LogP) is 5.20. The maximum Gasteiger partial charge on any atom is 0.144 e. The molecule has 112 valence electrons. The first-order valence-corrected chi connectivity index (χ1v) is 8.79. The Balaban J connectivity index is 2.18. The largest absolute Gasteiger partial charge is 0.369 e. The topological polar surface area (TPSA) is 37.8 Å². The standard InChI is InChI=1S/C16H26BrN3/c1-3-11-18-16-14(17)12(2)19-15(20-16)13-9-7-5-4-6-8-10-13/h13H,3-11H2,1-2H3,(H,18,19,20). The molecule has 0 saturated heterocycles. The lowest BCUT2D eigenvalue weighted by atomic mass is 9.90. The fraction of sp³-hybridized carbons (Fsp3) is 0.750. The molecule has 1 fully saturated rings. The van der Waals surface area contributed by atoms with Gasteiger partial charge in [-0.05, 0) is 42.1 Å². The number of halogens is 1. The molecule has 1 aromatic rings. The van der Waals surface area contributed by atoms with Gasteiger partial charge < -0.3 is 5.32 Å². The number of nitrogens with zero attached hydrogens (tertiary/aromatic N) is 2. The highest BCUT2D eigenvalue weighted by atomic mass is 79.9. The Hall–Kier alpha value is -0.640. The monoisotopic (exact) mass is 339 g/mol. The SMILES string of the molecule is CCCNc1nc(C2CCCCCCC2)nc(C)c1Br. The Labute approximate surface area is 131 Å². The molecule has 0 atom stereocenters. The van der Waals surface area contributed by atoms with Gasteiger partial charge in [-0.3, -0.25) is 0 Å². The van der Waals surface area contributed by atoms with E-state index in [4.69, 9.17) is 9.97 Å². The van der Waals surface area contributed by atoms with Crippen molar-refractivity contribution in [3.05, 3.63) is 16.0 Å². The van der Waals surface area contributed by atoms with E-state index >= 15 is 0 Å². The van der Waals surface area contributed by atoms with Crippen LogP contribution in [0.1, 0.15) is 75.7 Å². The van der Waals surface area contributed by atoms with Crippen molar-refractivity contribution in [2.24, 2.45) is 0 Å². The van der Waals surface area contributed by atoms with Crippen LogP contribution in [0.15, 0.2) is 4.47 Å². The van der Waals surface area contributed by atoms with E-state index in [-0.39, 0.29) is 0 Å². The minimum atomic E-state index is 0.546. The number of rotatable bonds is 4. The Morgan fingerprint density at radius 3 is 2.40 bits per heavy atom. The van der Waals surface area contributed by atoms with Crippen LogP contribution in [0.5, 0.6) is 0 Å². The molecule has 1 heterocycles. The number of nitrogens with one attached hydrogen (secondary N) is 1. The summed E-state index contributed by atoms with van der Waals surface area (Å²) in [5.41, 5.74) is 1.05. The smallest absolute Gasteiger partial charge is 0.144 e. The van der Waals surface area contributed by atoms with Crippen molar-refractivity contribution in [1.82, 2.24) is 9.97 Å². The van der Waals surface area contributed by atoms with Gasteiger partial charge in [-0.15, -0.1) is 0 Å². The van der Waals surface area contributed by atoms with Gasteiger partial charge in [-0.2, -0.15) is 0 Å². The minimum absolute atomic E-state index is 0.546. The highest BCUT2D eigenvalue weighted by molar-refractivity contribution is 9.10. The number of hydrogen-bond acceptors (Lipinski definition) is 3. The summed E-state index contributed by atoms with van der Waals surface area (Å²) in [7, 11) is 0. The summed E-state index contributed by atoms with van der Waals surface area (Å²) >= 11 is 3.61. The maximum absolute atomic E-state index is 4.80. The Morgan fingerprint density at radius 1 is 1.10 bits per heavy atom. The van der Waals surface area contributed by atoms with Crippen molar-refractivity contribution < 1.29 is 0 Å². The van der Waals surface area contributed by atoms with Crippen molar-refractivity contribution in [3.63, 3.8) is 0 Å². The van der Waals surface area contributed by atoms with Crippen LogP contribution in [0.2, 0.25) is 0 Å². The average Bonchev–Trinajstić information content (AvgIpc) is 2.40. The molecule has 0 amide bonds. The first-order valence-electron chi connectivity index (χ1n) is 8.00. The lowest BCUT2D eigenvalue weighted by Gasteiger charge is -2.20. The molecular formula is C16H26BrN3. The lowest BCUT2D eigenvalue weighted by Crippen LogP contribution is -2.12. The molecule has 1 aliphatic rings. The lowest BCUT2D eigenvalue weighted by molar-refractivity contribution is 0.442. The highest BCUT2D eigenvalue weighted by Gasteiger charge is 2.19.